The second-order valence-corrected chi connectivity index (χ2v) is 6.72. The normalized spacial score (nSPS) is 15.5. The molecule has 0 bridgehead atoms. The second-order valence-electron chi connectivity index (χ2n) is 4.82. The number of nitrogens with zero attached hydrogens (tertiary/aromatic N) is 2. The largest absolute Gasteiger partial charge is 0.393 e. The summed E-state index contributed by atoms with van der Waals surface area (Å²) in [6.45, 7) is 2.36. The van der Waals surface area contributed by atoms with Crippen LogP contribution in [0.2, 0.25) is 0 Å². The lowest BCUT2D eigenvalue weighted by Crippen LogP contribution is -2.33. The molecule has 1 aromatic rings. The SMILES string of the molecule is CCCN(C1CC1)S(=O)(=O)c1ccc([N+](=O)[O-])c(N)c1. The number of nitrogen functional groups attached to an aromatic ring is 1. The Bertz CT molecular complexity index is 626. The highest BCUT2D eigenvalue weighted by molar-refractivity contribution is 7.89. The molecule has 1 aromatic carbocycles. The predicted octanol–water partition coefficient (Wildman–Crippen LogP) is 1.74. The van der Waals surface area contributed by atoms with Crippen LogP contribution in [-0.2, 0) is 10.0 Å². The van der Waals surface area contributed by atoms with E-state index in [4.69, 9.17) is 5.73 Å². The van der Waals surface area contributed by atoms with E-state index in [0.29, 0.717) is 6.54 Å². The highest BCUT2D eigenvalue weighted by Gasteiger charge is 2.37. The van der Waals surface area contributed by atoms with Crippen LogP contribution in [0.5, 0.6) is 0 Å². The quantitative estimate of drug-likeness (QED) is 0.489. The number of anilines is 1. The fraction of sp³-hybridized carbons (Fsp3) is 0.500. The minimum Gasteiger partial charge on any atom is -0.393 e. The zero-order chi connectivity index (χ0) is 14.9. The summed E-state index contributed by atoms with van der Waals surface area (Å²) in [6, 6.07) is 3.60. The molecule has 0 atom stereocenters. The minimum absolute atomic E-state index is 0.0148. The van der Waals surface area contributed by atoms with Gasteiger partial charge in [-0.25, -0.2) is 8.42 Å². The van der Waals surface area contributed by atoms with Gasteiger partial charge in [-0.3, -0.25) is 10.1 Å². The van der Waals surface area contributed by atoms with Crippen LogP contribution in [0.4, 0.5) is 11.4 Å². The molecule has 20 heavy (non-hydrogen) atoms. The van der Waals surface area contributed by atoms with Crippen molar-refractivity contribution >= 4 is 21.4 Å². The third-order valence-electron chi connectivity index (χ3n) is 3.20. The third kappa shape index (κ3) is 2.75. The van der Waals surface area contributed by atoms with Crippen molar-refractivity contribution in [3.8, 4) is 0 Å². The summed E-state index contributed by atoms with van der Waals surface area (Å²) in [5.74, 6) is 0. The average Bonchev–Trinajstić information content (AvgIpc) is 3.19. The van der Waals surface area contributed by atoms with Gasteiger partial charge in [0.2, 0.25) is 10.0 Å². The van der Waals surface area contributed by atoms with E-state index in [0.717, 1.165) is 25.3 Å². The summed E-state index contributed by atoms with van der Waals surface area (Å²) in [4.78, 5) is 10.1. The van der Waals surface area contributed by atoms with Gasteiger partial charge in [-0.15, -0.1) is 0 Å². The summed E-state index contributed by atoms with van der Waals surface area (Å²) in [7, 11) is -3.63. The van der Waals surface area contributed by atoms with Crippen molar-refractivity contribution in [1.29, 1.82) is 0 Å². The molecule has 1 fully saturated rings. The van der Waals surface area contributed by atoms with Crippen molar-refractivity contribution in [2.45, 2.75) is 37.1 Å². The van der Waals surface area contributed by atoms with Gasteiger partial charge in [0.25, 0.3) is 5.69 Å². The Labute approximate surface area is 117 Å². The molecule has 7 nitrogen and oxygen atoms in total. The van der Waals surface area contributed by atoms with Crippen LogP contribution in [0.15, 0.2) is 23.1 Å². The maximum Gasteiger partial charge on any atom is 0.292 e. The molecule has 2 N–H and O–H groups in total. The van der Waals surface area contributed by atoms with E-state index in [1.54, 1.807) is 0 Å². The van der Waals surface area contributed by atoms with Crippen LogP contribution >= 0.6 is 0 Å². The zero-order valence-corrected chi connectivity index (χ0v) is 12.0. The van der Waals surface area contributed by atoms with Crippen LogP contribution < -0.4 is 5.73 Å². The lowest BCUT2D eigenvalue weighted by Gasteiger charge is -2.21. The molecule has 2 rings (SSSR count). The minimum atomic E-state index is -3.63. The van der Waals surface area contributed by atoms with Gasteiger partial charge in [-0.05, 0) is 31.4 Å². The fourth-order valence-electron chi connectivity index (χ4n) is 2.08. The monoisotopic (exact) mass is 299 g/mol. The van der Waals surface area contributed by atoms with Crippen LogP contribution in [-0.4, -0.2) is 30.2 Å². The molecule has 0 aromatic heterocycles. The Morgan fingerprint density at radius 3 is 2.55 bits per heavy atom. The topological polar surface area (TPSA) is 107 Å². The highest BCUT2D eigenvalue weighted by atomic mass is 32.2. The molecule has 8 heteroatoms. The number of benzene rings is 1. The Morgan fingerprint density at radius 1 is 1.45 bits per heavy atom. The Morgan fingerprint density at radius 2 is 2.10 bits per heavy atom. The molecule has 1 aliphatic carbocycles. The fourth-order valence-corrected chi connectivity index (χ4v) is 3.89. The lowest BCUT2D eigenvalue weighted by molar-refractivity contribution is -0.383. The summed E-state index contributed by atoms with van der Waals surface area (Å²) >= 11 is 0. The molecule has 0 heterocycles. The molecular weight excluding hydrogens is 282 g/mol. The predicted molar refractivity (Wildman–Crippen MR) is 74.7 cm³/mol. The number of nitro groups is 1. The second kappa shape index (κ2) is 5.37. The molecule has 110 valence electrons. The van der Waals surface area contributed by atoms with E-state index in [9.17, 15) is 18.5 Å². The van der Waals surface area contributed by atoms with Gasteiger partial charge in [0.15, 0.2) is 0 Å². The first kappa shape index (κ1) is 14.7. The smallest absolute Gasteiger partial charge is 0.292 e. The maximum atomic E-state index is 12.5. The molecule has 0 radical (unpaired) electrons. The molecular formula is C12H17N3O4S. The standard InChI is InChI=1S/C12H17N3O4S/c1-2-7-14(9-3-4-9)20(18,19)10-5-6-12(15(16)17)11(13)8-10/h5-6,8-9H,2-4,7,13H2,1H3. The number of sulfonamides is 1. The van der Waals surface area contributed by atoms with E-state index in [1.807, 2.05) is 6.92 Å². The Hall–Kier alpha value is -1.67. The number of hydrogen-bond acceptors (Lipinski definition) is 5. The van der Waals surface area contributed by atoms with Crippen molar-refractivity contribution in [2.24, 2.45) is 0 Å². The number of nitro benzene ring substituents is 1. The Kier molecular flexibility index (Phi) is 3.96. The van der Waals surface area contributed by atoms with Gasteiger partial charge < -0.3 is 5.73 Å². The molecule has 0 amide bonds. The van der Waals surface area contributed by atoms with Gasteiger partial charge in [0.1, 0.15) is 5.69 Å². The summed E-state index contributed by atoms with van der Waals surface area (Å²) in [5, 5.41) is 10.7. The van der Waals surface area contributed by atoms with Crippen LogP contribution in [0.25, 0.3) is 0 Å². The van der Waals surface area contributed by atoms with Crippen molar-refractivity contribution in [2.75, 3.05) is 12.3 Å². The van der Waals surface area contributed by atoms with Gasteiger partial charge in [0.05, 0.1) is 9.82 Å². The van der Waals surface area contributed by atoms with E-state index < -0.39 is 14.9 Å². The number of nitrogens with two attached hydrogens (primary N) is 1. The molecule has 1 saturated carbocycles. The van der Waals surface area contributed by atoms with Gasteiger partial charge in [-0.1, -0.05) is 6.92 Å². The summed E-state index contributed by atoms with van der Waals surface area (Å²) < 4.78 is 26.5. The van der Waals surface area contributed by atoms with Crippen LogP contribution in [0.3, 0.4) is 0 Å². The van der Waals surface area contributed by atoms with Gasteiger partial charge in [0, 0.05) is 18.7 Å². The average molecular weight is 299 g/mol. The van der Waals surface area contributed by atoms with Crippen LogP contribution in [0.1, 0.15) is 26.2 Å². The van der Waals surface area contributed by atoms with E-state index in [1.165, 1.54) is 16.4 Å². The van der Waals surface area contributed by atoms with Crippen LogP contribution in [0, 0.1) is 10.1 Å². The third-order valence-corrected chi connectivity index (χ3v) is 5.15. The van der Waals surface area contributed by atoms with Crippen molar-refractivity contribution in [1.82, 2.24) is 4.31 Å². The van der Waals surface area contributed by atoms with Gasteiger partial charge in [-0.2, -0.15) is 4.31 Å². The molecule has 0 aliphatic heterocycles. The number of rotatable bonds is 6. The zero-order valence-electron chi connectivity index (χ0n) is 11.2. The highest BCUT2D eigenvalue weighted by Crippen LogP contribution is 2.33. The van der Waals surface area contributed by atoms with Crippen molar-refractivity contribution in [3.63, 3.8) is 0 Å². The molecule has 0 saturated heterocycles. The Balaban J connectivity index is 2.38. The maximum absolute atomic E-state index is 12.5. The number of hydrogen-bond donors (Lipinski definition) is 1. The van der Waals surface area contributed by atoms with E-state index in [-0.39, 0.29) is 22.3 Å². The van der Waals surface area contributed by atoms with E-state index in [2.05, 4.69) is 0 Å². The van der Waals surface area contributed by atoms with Crippen molar-refractivity contribution < 1.29 is 13.3 Å². The summed E-state index contributed by atoms with van der Waals surface area (Å²) in [6.07, 6.45) is 2.45. The van der Waals surface area contributed by atoms with Crippen molar-refractivity contribution in [3.05, 3.63) is 28.3 Å². The first-order valence-corrected chi connectivity index (χ1v) is 7.87. The first-order valence-electron chi connectivity index (χ1n) is 6.43. The van der Waals surface area contributed by atoms with Gasteiger partial charge >= 0.3 is 0 Å². The lowest BCUT2D eigenvalue weighted by atomic mass is 10.3. The molecule has 0 spiro atoms. The molecule has 1 aliphatic rings. The summed E-state index contributed by atoms with van der Waals surface area (Å²) in [5.41, 5.74) is 5.14. The first-order chi connectivity index (χ1) is 9.37. The van der Waals surface area contributed by atoms with E-state index >= 15 is 0 Å². The molecule has 0 unspecified atom stereocenters.